The van der Waals surface area contributed by atoms with E-state index in [-0.39, 0.29) is 0 Å². The van der Waals surface area contributed by atoms with Crippen LogP contribution in [0.5, 0.6) is 0 Å². The monoisotopic (exact) mass is 495 g/mol. The smallest absolute Gasteiger partial charge is 0.164 e. The van der Waals surface area contributed by atoms with Gasteiger partial charge in [0.2, 0.25) is 0 Å². The maximum atomic E-state index is 6.26. The van der Waals surface area contributed by atoms with E-state index in [9.17, 15) is 0 Å². The van der Waals surface area contributed by atoms with Crippen LogP contribution in [0.4, 0.5) is 0 Å². The van der Waals surface area contributed by atoms with Gasteiger partial charge in [0.05, 0.1) is 0 Å². The maximum absolute atomic E-state index is 6.26. The molecule has 0 saturated carbocycles. The summed E-state index contributed by atoms with van der Waals surface area (Å²) < 4.78 is 0. The molecule has 4 heteroatoms. The van der Waals surface area contributed by atoms with E-state index >= 15 is 0 Å². The van der Waals surface area contributed by atoms with Crippen molar-refractivity contribution in [3.05, 3.63) is 138 Å². The summed E-state index contributed by atoms with van der Waals surface area (Å²) in [5.41, 5.74) is 7.09. The first-order chi connectivity index (χ1) is 18.2. The van der Waals surface area contributed by atoms with E-state index in [1.54, 1.807) is 0 Å². The number of halogens is 1. The zero-order valence-electron chi connectivity index (χ0n) is 19.9. The largest absolute Gasteiger partial charge is 0.208 e. The molecule has 176 valence electrons. The third-order valence-electron chi connectivity index (χ3n) is 6.20. The summed E-state index contributed by atoms with van der Waals surface area (Å²) in [6.45, 7) is 0. The highest BCUT2D eigenvalue weighted by Gasteiger charge is 2.15. The number of benzene rings is 5. The lowest BCUT2D eigenvalue weighted by atomic mass is 9.99. The molecule has 0 spiro atoms. The van der Waals surface area contributed by atoms with Gasteiger partial charge < -0.3 is 0 Å². The molecule has 0 bridgehead atoms. The molecular weight excluding hydrogens is 474 g/mol. The Morgan fingerprint density at radius 3 is 1.54 bits per heavy atom. The molecule has 0 saturated heterocycles. The lowest BCUT2D eigenvalue weighted by Gasteiger charge is -2.12. The van der Waals surface area contributed by atoms with Crippen LogP contribution in [0.1, 0.15) is 0 Å². The fourth-order valence-electron chi connectivity index (χ4n) is 4.40. The molecule has 0 amide bonds. The number of rotatable bonds is 5. The second-order valence-corrected chi connectivity index (χ2v) is 9.11. The highest BCUT2D eigenvalue weighted by molar-refractivity contribution is 6.30. The van der Waals surface area contributed by atoms with Gasteiger partial charge in [0.1, 0.15) is 0 Å². The quantitative estimate of drug-likeness (QED) is 0.240. The van der Waals surface area contributed by atoms with Crippen LogP contribution in [0, 0.1) is 0 Å². The summed E-state index contributed by atoms with van der Waals surface area (Å²) in [5, 5.41) is 0.703. The van der Waals surface area contributed by atoms with Crippen molar-refractivity contribution in [2.75, 3.05) is 0 Å². The zero-order valence-corrected chi connectivity index (χ0v) is 20.7. The molecule has 0 fully saturated rings. The van der Waals surface area contributed by atoms with E-state index in [1.165, 1.54) is 0 Å². The predicted molar refractivity (Wildman–Crippen MR) is 152 cm³/mol. The first kappa shape index (κ1) is 22.8. The molecule has 0 N–H and O–H groups in total. The Labute approximate surface area is 221 Å². The van der Waals surface area contributed by atoms with Crippen molar-refractivity contribution in [2.45, 2.75) is 0 Å². The summed E-state index contributed by atoms with van der Waals surface area (Å²) in [5.74, 6) is 1.89. The van der Waals surface area contributed by atoms with Crippen molar-refractivity contribution >= 4 is 11.6 Å². The van der Waals surface area contributed by atoms with Gasteiger partial charge in [0.15, 0.2) is 17.5 Å². The number of nitrogens with zero attached hydrogens (tertiary/aromatic N) is 3. The van der Waals surface area contributed by atoms with E-state index in [4.69, 9.17) is 26.6 Å². The molecule has 1 heterocycles. The number of hydrogen-bond donors (Lipinski definition) is 0. The molecule has 0 aliphatic heterocycles. The van der Waals surface area contributed by atoms with Crippen LogP contribution in [0.15, 0.2) is 133 Å². The Bertz CT molecular complexity index is 1680. The standard InChI is InChI=1S/C33H22ClN3/c34-28-18-10-16-26(22-28)25-15-9-17-27(21-25)32-35-31(24-13-5-2-6-14-24)36-33(37-32)30-20-8-7-19-29(30)23-11-3-1-4-12-23/h1-22H. The Hall–Kier alpha value is -4.60. The van der Waals surface area contributed by atoms with Crippen molar-refractivity contribution in [3.63, 3.8) is 0 Å². The molecule has 37 heavy (non-hydrogen) atoms. The lowest BCUT2D eigenvalue weighted by Crippen LogP contribution is -2.01. The SMILES string of the molecule is Clc1cccc(-c2cccc(-c3nc(-c4ccccc4)nc(-c4ccccc4-c4ccccc4)n3)c2)c1. The molecule has 5 aromatic carbocycles. The zero-order chi connectivity index (χ0) is 25.0. The van der Waals surface area contributed by atoms with Gasteiger partial charge in [0.25, 0.3) is 0 Å². The van der Waals surface area contributed by atoms with Crippen LogP contribution in [0.3, 0.4) is 0 Å². The van der Waals surface area contributed by atoms with Crippen molar-refractivity contribution in [1.29, 1.82) is 0 Å². The molecule has 0 aliphatic rings. The molecule has 0 unspecified atom stereocenters. The first-order valence-electron chi connectivity index (χ1n) is 12.1. The van der Waals surface area contributed by atoms with E-state index < -0.39 is 0 Å². The molecule has 3 nitrogen and oxygen atoms in total. The van der Waals surface area contributed by atoms with Gasteiger partial charge >= 0.3 is 0 Å². The summed E-state index contributed by atoms with van der Waals surface area (Å²) in [7, 11) is 0. The summed E-state index contributed by atoms with van der Waals surface area (Å²) >= 11 is 6.26. The highest BCUT2D eigenvalue weighted by Crippen LogP contribution is 2.33. The van der Waals surface area contributed by atoms with Gasteiger partial charge in [-0.1, -0.05) is 127 Å². The third-order valence-corrected chi connectivity index (χ3v) is 6.43. The summed E-state index contributed by atoms with van der Waals surface area (Å²) in [4.78, 5) is 14.8. The van der Waals surface area contributed by atoms with E-state index in [1.807, 2.05) is 91.0 Å². The second-order valence-electron chi connectivity index (χ2n) is 8.68. The van der Waals surface area contributed by atoms with Crippen molar-refractivity contribution < 1.29 is 0 Å². The summed E-state index contributed by atoms with van der Waals surface area (Å²) in [6.07, 6.45) is 0. The lowest BCUT2D eigenvalue weighted by molar-refractivity contribution is 1.07. The van der Waals surface area contributed by atoms with Gasteiger partial charge in [-0.05, 0) is 40.5 Å². The molecule has 0 radical (unpaired) electrons. The normalized spacial score (nSPS) is 10.8. The van der Waals surface area contributed by atoms with Crippen molar-refractivity contribution in [3.8, 4) is 56.4 Å². The topological polar surface area (TPSA) is 38.7 Å². The van der Waals surface area contributed by atoms with Crippen LogP contribution >= 0.6 is 11.6 Å². The van der Waals surface area contributed by atoms with Gasteiger partial charge in [0, 0.05) is 21.7 Å². The van der Waals surface area contributed by atoms with Crippen LogP contribution in [-0.2, 0) is 0 Å². The Kier molecular flexibility index (Phi) is 6.28. The van der Waals surface area contributed by atoms with Gasteiger partial charge in [-0.25, -0.2) is 15.0 Å². The Morgan fingerprint density at radius 1 is 0.351 bits per heavy atom. The Morgan fingerprint density at radius 2 is 0.838 bits per heavy atom. The average molecular weight is 496 g/mol. The third kappa shape index (κ3) is 4.90. The second kappa shape index (κ2) is 10.2. The molecular formula is C33H22ClN3. The Balaban J connectivity index is 1.54. The first-order valence-corrected chi connectivity index (χ1v) is 12.5. The van der Waals surface area contributed by atoms with Crippen LogP contribution in [0.2, 0.25) is 5.02 Å². The van der Waals surface area contributed by atoms with Crippen molar-refractivity contribution in [1.82, 2.24) is 15.0 Å². The molecule has 6 rings (SSSR count). The minimum atomic E-state index is 0.621. The van der Waals surface area contributed by atoms with Gasteiger partial charge in [-0.2, -0.15) is 0 Å². The average Bonchev–Trinajstić information content (AvgIpc) is 2.98. The fraction of sp³-hybridized carbons (Fsp3) is 0. The predicted octanol–water partition coefficient (Wildman–Crippen LogP) is 8.86. The van der Waals surface area contributed by atoms with E-state index in [2.05, 4.69) is 42.5 Å². The molecule has 6 aromatic rings. The number of hydrogen-bond acceptors (Lipinski definition) is 3. The maximum Gasteiger partial charge on any atom is 0.164 e. The minimum absolute atomic E-state index is 0.621. The summed E-state index contributed by atoms with van der Waals surface area (Å²) in [6, 6.07) is 44.7. The van der Waals surface area contributed by atoms with Crippen LogP contribution < -0.4 is 0 Å². The fourth-order valence-corrected chi connectivity index (χ4v) is 4.59. The van der Waals surface area contributed by atoms with E-state index in [0.717, 1.165) is 38.9 Å². The highest BCUT2D eigenvalue weighted by atomic mass is 35.5. The molecule has 0 aliphatic carbocycles. The van der Waals surface area contributed by atoms with Crippen molar-refractivity contribution in [2.24, 2.45) is 0 Å². The van der Waals surface area contributed by atoms with E-state index in [0.29, 0.717) is 22.5 Å². The number of aromatic nitrogens is 3. The van der Waals surface area contributed by atoms with Crippen LogP contribution in [-0.4, -0.2) is 15.0 Å². The van der Waals surface area contributed by atoms with Gasteiger partial charge in [-0.15, -0.1) is 0 Å². The molecule has 0 atom stereocenters. The molecule has 1 aromatic heterocycles. The van der Waals surface area contributed by atoms with Crippen LogP contribution in [0.25, 0.3) is 56.4 Å². The van der Waals surface area contributed by atoms with Gasteiger partial charge in [-0.3, -0.25) is 0 Å². The minimum Gasteiger partial charge on any atom is -0.208 e.